The fourth-order valence-electron chi connectivity index (χ4n) is 2.60. The minimum Gasteiger partial charge on any atom is -0.351 e. The first kappa shape index (κ1) is 14.4. The van der Waals surface area contributed by atoms with Gasteiger partial charge in [0.05, 0.1) is 6.61 Å². The number of halogens is 3. The van der Waals surface area contributed by atoms with Crippen molar-refractivity contribution >= 4 is 0 Å². The third-order valence-corrected chi connectivity index (χ3v) is 3.38. The van der Waals surface area contributed by atoms with Crippen LogP contribution in [0.5, 0.6) is 0 Å². The summed E-state index contributed by atoms with van der Waals surface area (Å²) in [6.45, 7) is 2.84. The quantitative estimate of drug-likeness (QED) is 0.894. The van der Waals surface area contributed by atoms with Crippen LogP contribution in [0.15, 0.2) is 12.4 Å². The number of nitrogens with zero attached hydrogens (tertiary/aromatic N) is 1. The first-order chi connectivity index (χ1) is 8.99. The van der Waals surface area contributed by atoms with Crippen LogP contribution in [0.2, 0.25) is 0 Å². The number of nitrogens with one attached hydrogen (secondary N) is 1. The van der Waals surface area contributed by atoms with Crippen LogP contribution < -0.4 is 5.32 Å². The van der Waals surface area contributed by atoms with Gasteiger partial charge in [-0.3, -0.25) is 4.74 Å². The van der Waals surface area contributed by atoms with E-state index in [-0.39, 0.29) is 13.2 Å². The maximum Gasteiger partial charge on any atom is 0.522 e. The summed E-state index contributed by atoms with van der Waals surface area (Å²) in [5.74, 6) is 0. The Hall–Kier alpha value is -1.01. The molecule has 1 N–H and O–H groups in total. The Morgan fingerprint density at radius 1 is 1.42 bits per heavy atom. The van der Waals surface area contributed by atoms with Crippen LogP contribution >= 0.6 is 0 Å². The number of aryl methyl sites for hydroxylation is 1. The Bertz CT molecular complexity index is 415. The lowest BCUT2D eigenvalue weighted by atomic mass is 9.91. The molecule has 1 aromatic rings. The zero-order valence-corrected chi connectivity index (χ0v) is 11.0. The van der Waals surface area contributed by atoms with Crippen molar-refractivity contribution in [1.29, 1.82) is 0 Å². The molecule has 108 valence electrons. The van der Waals surface area contributed by atoms with Crippen molar-refractivity contribution < 1.29 is 17.9 Å². The fourth-order valence-corrected chi connectivity index (χ4v) is 2.60. The molecule has 0 aromatic carbocycles. The second kappa shape index (κ2) is 5.96. The maximum absolute atomic E-state index is 11.9. The molecule has 1 aliphatic rings. The summed E-state index contributed by atoms with van der Waals surface area (Å²) in [5.41, 5.74) is 2.46. The Morgan fingerprint density at radius 3 is 2.89 bits per heavy atom. The summed E-state index contributed by atoms with van der Waals surface area (Å²) >= 11 is 0. The van der Waals surface area contributed by atoms with E-state index in [1.54, 1.807) is 4.57 Å². The van der Waals surface area contributed by atoms with Gasteiger partial charge in [0.1, 0.15) is 0 Å². The maximum atomic E-state index is 11.9. The van der Waals surface area contributed by atoms with Gasteiger partial charge in [-0.15, -0.1) is 13.2 Å². The van der Waals surface area contributed by atoms with Crippen LogP contribution in [0.3, 0.4) is 0 Å². The molecule has 0 radical (unpaired) electrons. The van der Waals surface area contributed by atoms with Crippen molar-refractivity contribution in [1.82, 2.24) is 9.88 Å². The lowest BCUT2D eigenvalue weighted by Gasteiger charge is -2.22. The zero-order chi connectivity index (χ0) is 13.9. The second-order valence-electron chi connectivity index (χ2n) is 4.77. The highest BCUT2D eigenvalue weighted by molar-refractivity contribution is 5.30. The van der Waals surface area contributed by atoms with Crippen molar-refractivity contribution in [3.63, 3.8) is 0 Å². The summed E-state index contributed by atoms with van der Waals surface area (Å²) in [7, 11) is 0. The van der Waals surface area contributed by atoms with Gasteiger partial charge < -0.3 is 9.88 Å². The van der Waals surface area contributed by atoms with Gasteiger partial charge >= 0.3 is 6.36 Å². The van der Waals surface area contributed by atoms with Gasteiger partial charge in [-0.2, -0.15) is 0 Å². The summed E-state index contributed by atoms with van der Waals surface area (Å²) in [5, 5.41) is 3.41. The lowest BCUT2D eigenvalue weighted by Crippen LogP contribution is -2.23. The first-order valence-corrected chi connectivity index (χ1v) is 6.62. The number of hydrogen-bond acceptors (Lipinski definition) is 2. The van der Waals surface area contributed by atoms with Crippen LogP contribution in [0.25, 0.3) is 0 Å². The first-order valence-electron chi connectivity index (χ1n) is 6.62. The smallest absolute Gasteiger partial charge is 0.351 e. The Morgan fingerprint density at radius 2 is 2.21 bits per heavy atom. The Balaban J connectivity index is 1.97. The van der Waals surface area contributed by atoms with Gasteiger partial charge in [0.2, 0.25) is 0 Å². The molecule has 0 amide bonds. The number of aromatic nitrogens is 1. The standard InChI is InChI=1S/C13H19F3N2O/c1-2-17-12-5-3-4-10-8-18(9-11(10)12)6-7-19-13(14,15)16/h8-9,12,17H,2-7H2,1H3. The van der Waals surface area contributed by atoms with E-state index in [9.17, 15) is 13.2 Å². The van der Waals surface area contributed by atoms with E-state index in [1.165, 1.54) is 11.1 Å². The van der Waals surface area contributed by atoms with E-state index in [2.05, 4.69) is 17.0 Å². The third-order valence-electron chi connectivity index (χ3n) is 3.38. The highest BCUT2D eigenvalue weighted by Crippen LogP contribution is 2.30. The van der Waals surface area contributed by atoms with Gasteiger partial charge in [-0.25, -0.2) is 0 Å². The molecule has 1 aliphatic carbocycles. The fraction of sp³-hybridized carbons (Fsp3) is 0.692. The topological polar surface area (TPSA) is 26.2 Å². The number of alkyl halides is 3. The molecular formula is C13H19F3N2O. The van der Waals surface area contributed by atoms with E-state index in [0.717, 1.165) is 25.8 Å². The minimum atomic E-state index is -4.54. The number of rotatable bonds is 5. The summed E-state index contributed by atoms with van der Waals surface area (Å²) < 4.78 is 41.3. The molecule has 0 aliphatic heterocycles. The number of hydrogen-bond donors (Lipinski definition) is 1. The van der Waals surface area contributed by atoms with Crippen LogP contribution in [-0.2, 0) is 17.7 Å². The van der Waals surface area contributed by atoms with Crippen LogP contribution in [0.1, 0.15) is 36.9 Å². The predicted molar refractivity (Wildman–Crippen MR) is 65.8 cm³/mol. The predicted octanol–water partition coefficient (Wildman–Crippen LogP) is 3.01. The van der Waals surface area contributed by atoms with Crippen LogP contribution in [-0.4, -0.2) is 24.1 Å². The van der Waals surface area contributed by atoms with Crippen molar-refractivity contribution in [3.05, 3.63) is 23.5 Å². The number of fused-ring (bicyclic) bond motifs is 1. The molecule has 1 unspecified atom stereocenters. The molecule has 1 heterocycles. The van der Waals surface area contributed by atoms with Crippen LogP contribution in [0, 0.1) is 0 Å². The van der Waals surface area contributed by atoms with Crippen LogP contribution in [0.4, 0.5) is 13.2 Å². The molecule has 1 aromatic heterocycles. The van der Waals surface area contributed by atoms with E-state index in [1.807, 2.05) is 12.4 Å². The van der Waals surface area contributed by atoms with Crippen molar-refractivity contribution in [3.8, 4) is 0 Å². The van der Waals surface area contributed by atoms with Crippen molar-refractivity contribution in [2.75, 3.05) is 13.2 Å². The lowest BCUT2D eigenvalue weighted by molar-refractivity contribution is -0.325. The van der Waals surface area contributed by atoms with Gasteiger partial charge in [0.15, 0.2) is 0 Å². The highest BCUT2D eigenvalue weighted by atomic mass is 19.4. The number of ether oxygens (including phenoxy) is 1. The molecule has 3 nitrogen and oxygen atoms in total. The van der Waals surface area contributed by atoms with Gasteiger partial charge in [0, 0.05) is 25.0 Å². The van der Waals surface area contributed by atoms with Crippen molar-refractivity contribution in [2.24, 2.45) is 0 Å². The van der Waals surface area contributed by atoms with E-state index >= 15 is 0 Å². The third kappa shape index (κ3) is 3.98. The van der Waals surface area contributed by atoms with Gasteiger partial charge in [0.25, 0.3) is 0 Å². The molecule has 0 saturated carbocycles. The molecule has 0 fully saturated rings. The highest BCUT2D eigenvalue weighted by Gasteiger charge is 2.28. The molecule has 0 spiro atoms. The molecule has 2 rings (SSSR count). The normalized spacial score (nSPS) is 19.5. The van der Waals surface area contributed by atoms with Gasteiger partial charge in [-0.05, 0) is 36.9 Å². The molecule has 6 heteroatoms. The largest absolute Gasteiger partial charge is 0.522 e. The SMILES string of the molecule is CCNC1CCCc2cn(CCOC(F)(F)F)cc21. The minimum absolute atomic E-state index is 0.228. The monoisotopic (exact) mass is 276 g/mol. The average molecular weight is 276 g/mol. The zero-order valence-electron chi connectivity index (χ0n) is 11.0. The summed E-state index contributed by atoms with van der Waals surface area (Å²) in [6.07, 6.45) is 2.56. The molecule has 0 bridgehead atoms. The van der Waals surface area contributed by atoms with Gasteiger partial charge in [-0.1, -0.05) is 6.92 Å². The average Bonchev–Trinajstić information content (AvgIpc) is 2.71. The second-order valence-corrected chi connectivity index (χ2v) is 4.77. The Labute approximate surface area is 110 Å². The summed E-state index contributed by atoms with van der Waals surface area (Å²) in [6, 6.07) is 0.332. The van der Waals surface area contributed by atoms with Crippen molar-refractivity contribution in [2.45, 2.75) is 45.1 Å². The summed E-state index contributed by atoms with van der Waals surface area (Å²) in [4.78, 5) is 0. The van der Waals surface area contributed by atoms with E-state index < -0.39 is 6.36 Å². The molecule has 1 atom stereocenters. The van der Waals surface area contributed by atoms with E-state index in [0.29, 0.717) is 6.04 Å². The molecule has 0 saturated heterocycles. The molecular weight excluding hydrogens is 257 g/mol. The Kier molecular flexibility index (Phi) is 4.52. The molecule has 19 heavy (non-hydrogen) atoms. The van der Waals surface area contributed by atoms with E-state index in [4.69, 9.17) is 0 Å².